The Morgan fingerprint density at radius 1 is 1.09 bits per heavy atom. The van der Waals surface area contributed by atoms with Gasteiger partial charge in [-0.05, 0) is 47.7 Å². The third-order valence-electron chi connectivity index (χ3n) is 6.82. The Balaban J connectivity index is 1.49. The average Bonchev–Trinajstić information content (AvgIpc) is 3.34. The van der Waals surface area contributed by atoms with Gasteiger partial charge in [0.1, 0.15) is 0 Å². The second-order valence-corrected chi connectivity index (χ2v) is 11.4. The van der Waals surface area contributed by atoms with E-state index in [2.05, 4.69) is 17.5 Å². The maximum absolute atomic E-state index is 13.4. The number of nitrogens with one attached hydrogen (secondary N) is 1. The molecule has 3 aromatic rings. The molecule has 0 bridgehead atoms. The number of hydrogen-bond acceptors (Lipinski definition) is 5. The van der Waals surface area contributed by atoms with Crippen molar-refractivity contribution in [2.75, 3.05) is 12.4 Å². The smallest absolute Gasteiger partial charge is 0.269 e. The Kier molecular flexibility index (Phi) is 6.13. The maximum Gasteiger partial charge on any atom is 0.269 e. The van der Waals surface area contributed by atoms with Gasteiger partial charge in [0.25, 0.3) is 5.69 Å². The van der Waals surface area contributed by atoms with Crippen LogP contribution in [0.25, 0.3) is 0 Å². The molecule has 0 aromatic heterocycles. The molecule has 1 heterocycles. The van der Waals surface area contributed by atoms with Crippen molar-refractivity contribution in [3.63, 3.8) is 0 Å². The number of benzene rings is 3. The van der Waals surface area contributed by atoms with Gasteiger partial charge in [0.2, 0.25) is 10.0 Å². The number of allylic oxidation sites excluding steroid dienone is 2. The van der Waals surface area contributed by atoms with Crippen LogP contribution in [0.15, 0.2) is 83.8 Å². The summed E-state index contributed by atoms with van der Waals surface area (Å²) in [7, 11) is -2.12. The van der Waals surface area contributed by atoms with Gasteiger partial charge >= 0.3 is 0 Å². The van der Waals surface area contributed by atoms with Crippen LogP contribution in [0.5, 0.6) is 0 Å². The number of halogens is 1. The van der Waals surface area contributed by atoms with E-state index in [9.17, 15) is 18.5 Å². The van der Waals surface area contributed by atoms with E-state index in [0.29, 0.717) is 10.6 Å². The van der Waals surface area contributed by atoms with Crippen LogP contribution in [-0.4, -0.2) is 24.7 Å². The first-order valence-electron chi connectivity index (χ1n) is 11.3. The average molecular weight is 510 g/mol. The van der Waals surface area contributed by atoms with E-state index < -0.39 is 14.9 Å². The number of sulfonamides is 1. The first-order chi connectivity index (χ1) is 16.8. The van der Waals surface area contributed by atoms with Crippen molar-refractivity contribution in [1.82, 2.24) is 4.31 Å². The highest BCUT2D eigenvalue weighted by Crippen LogP contribution is 2.51. The molecule has 3 unspecified atom stereocenters. The fourth-order valence-electron chi connectivity index (χ4n) is 5.03. The van der Waals surface area contributed by atoms with Crippen molar-refractivity contribution in [3.8, 4) is 0 Å². The van der Waals surface area contributed by atoms with Gasteiger partial charge in [-0.15, -0.1) is 0 Å². The fourth-order valence-corrected chi connectivity index (χ4v) is 6.46. The molecule has 2 aliphatic rings. The van der Waals surface area contributed by atoms with Crippen LogP contribution >= 0.6 is 11.6 Å². The first kappa shape index (κ1) is 23.5. The van der Waals surface area contributed by atoms with Gasteiger partial charge in [-0.3, -0.25) is 10.1 Å². The third kappa shape index (κ3) is 4.33. The molecule has 0 amide bonds. The number of fused-ring (bicyclic) bond motifs is 3. The number of nitro benzene ring substituents is 1. The van der Waals surface area contributed by atoms with Crippen molar-refractivity contribution in [1.29, 1.82) is 0 Å². The van der Waals surface area contributed by atoms with E-state index in [1.807, 2.05) is 30.3 Å². The molecule has 0 spiro atoms. The molecule has 5 rings (SSSR count). The Morgan fingerprint density at radius 3 is 2.60 bits per heavy atom. The Bertz CT molecular complexity index is 1430. The number of anilines is 1. The zero-order valence-electron chi connectivity index (χ0n) is 19.0. The molecule has 0 saturated heterocycles. The number of non-ortho nitro benzene ring substituents is 1. The summed E-state index contributed by atoms with van der Waals surface area (Å²) in [5, 5.41) is 15.3. The molecule has 3 aromatic carbocycles. The molecule has 0 saturated carbocycles. The lowest BCUT2D eigenvalue weighted by Gasteiger charge is -2.38. The zero-order valence-corrected chi connectivity index (χ0v) is 20.5. The number of rotatable bonds is 6. The number of hydrogen-bond donors (Lipinski definition) is 1. The van der Waals surface area contributed by atoms with Crippen LogP contribution in [-0.2, 0) is 16.6 Å². The monoisotopic (exact) mass is 509 g/mol. The minimum Gasteiger partial charge on any atom is -0.378 e. The Labute approximate surface area is 209 Å². The van der Waals surface area contributed by atoms with Crippen LogP contribution in [0, 0.1) is 16.0 Å². The number of nitrogens with zero attached hydrogens (tertiary/aromatic N) is 2. The second-order valence-electron chi connectivity index (χ2n) is 8.93. The summed E-state index contributed by atoms with van der Waals surface area (Å²) in [6.07, 6.45) is 4.92. The normalized spacial score (nSPS) is 20.8. The molecule has 1 aliphatic heterocycles. The van der Waals surface area contributed by atoms with E-state index in [0.717, 1.165) is 23.2 Å². The molecule has 180 valence electrons. The highest BCUT2D eigenvalue weighted by Gasteiger charge is 2.40. The summed E-state index contributed by atoms with van der Waals surface area (Å²) < 4.78 is 28.1. The van der Waals surface area contributed by atoms with Crippen molar-refractivity contribution < 1.29 is 13.3 Å². The zero-order chi connectivity index (χ0) is 24.7. The lowest BCUT2D eigenvalue weighted by molar-refractivity contribution is -0.384. The highest BCUT2D eigenvalue weighted by atomic mass is 35.5. The third-order valence-corrected chi connectivity index (χ3v) is 8.96. The van der Waals surface area contributed by atoms with Crippen LogP contribution in [0.2, 0.25) is 5.02 Å². The lowest BCUT2D eigenvalue weighted by atomic mass is 9.77. The van der Waals surface area contributed by atoms with Gasteiger partial charge in [-0.25, -0.2) is 8.42 Å². The largest absolute Gasteiger partial charge is 0.378 e. The molecule has 0 fully saturated rings. The van der Waals surface area contributed by atoms with Gasteiger partial charge < -0.3 is 5.32 Å². The molecule has 7 nitrogen and oxygen atoms in total. The van der Waals surface area contributed by atoms with Crippen LogP contribution in [0.3, 0.4) is 0 Å². The predicted octanol–water partition coefficient (Wildman–Crippen LogP) is 5.90. The van der Waals surface area contributed by atoms with Gasteiger partial charge in [-0.1, -0.05) is 54.1 Å². The standard InChI is InChI=1S/C26H24ClN3O4S/c1-29(16-17-6-3-2-4-7-17)35(33,34)19-11-13-25-22(15-19)20-8-5-9-21(20)26(28-25)23-14-18(30(31)32)10-12-24(23)27/h2-8,10-15,20-21,26,28H,9,16H2,1H3. The summed E-state index contributed by atoms with van der Waals surface area (Å²) in [4.78, 5) is 11.2. The maximum atomic E-state index is 13.4. The lowest BCUT2D eigenvalue weighted by Crippen LogP contribution is -2.30. The van der Waals surface area contributed by atoms with Crippen LogP contribution in [0.4, 0.5) is 11.4 Å². The molecule has 1 N–H and O–H groups in total. The predicted molar refractivity (Wildman–Crippen MR) is 136 cm³/mol. The number of nitro groups is 1. The van der Waals surface area contributed by atoms with Crippen LogP contribution in [0.1, 0.15) is 35.1 Å². The first-order valence-corrected chi connectivity index (χ1v) is 13.1. The molecule has 3 atom stereocenters. The molecular formula is C26H24ClN3O4S. The highest BCUT2D eigenvalue weighted by molar-refractivity contribution is 7.89. The van der Waals surface area contributed by atoms with Crippen molar-refractivity contribution >= 4 is 33.0 Å². The molecule has 1 aliphatic carbocycles. The van der Waals surface area contributed by atoms with Gasteiger partial charge in [0.05, 0.1) is 15.9 Å². The Morgan fingerprint density at radius 2 is 1.86 bits per heavy atom. The van der Waals surface area contributed by atoms with Gasteiger partial charge in [-0.2, -0.15) is 4.31 Å². The quantitative estimate of drug-likeness (QED) is 0.254. The summed E-state index contributed by atoms with van der Waals surface area (Å²) in [6.45, 7) is 0.276. The summed E-state index contributed by atoms with van der Waals surface area (Å²) >= 11 is 6.47. The molecule has 35 heavy (non-hydrogen) atoms. The van der Waals surface area contributed by atoms with Crippen molar-refractivity contribution in [3.05, 3.63) is 111 Å². The second kappa shape index (κ2) is 9.11. The fraction of sp³-hybridized carbons (Fsp3) is 0.231. The molecule has 9 heteroatoms. The molecular weight excluding hydrogens is 486 g/mol. The summed E-state index contributed by atoms with van der Waals surface area (Å²) in [5.74, 6) is 0.0307. The van der Waals surface area contributed by atoms with E-state index in [-0.39, 0.29) is 35.0 Å². The summed E-state index contributed by atoms with van der Waals surface area (Å²) in [5.41, 5.74) is 3.27. The van der Waals surface area contributed by atoms with Gasteiger partial charge in [0, 0.05) is 47.9 Å². The topological polar surface area (TPSA) is 92.5 Å². The van der Waals surface area contributed by atoms with E-state index in [4.69, 9.17) is 11.6 Å². The van der Waals surface area contributed by atoms with E-state index in [1.165, 1.54) is 16.4 Å². The Hall–Kier alpha value is -3.20. The van der Waals surface area contributed by atoms with E-state index >= 15 is 0 Å². The van der Waals surface area contributed by atoms with Crippen molar-refractivity contribution in [2.45, 2.75) is 29.8 Å². The minimum atomic E-state index is -3.70. The molecule has 0 radical (unpaired) electrons. The van der Waals surface area contributed by atoms with Crippen LogP contribution < -0.4 is 5.32 Å². The van der Waals surface area contributed by atoms with Gasteiger partial charge in [0.15, 0.2) is 0 Å². The minimum absolute atomic E-state index is 0.0117. The van der Waals surface area contributed by atoms with Crippen molar-refractivity contribution in [2.24, 2.45) is 5.92 Å². The summed E-state index contributed by atoms with van der Waals surface area (Å²) in [6, 6.07) is 18.8. The van der Waals surface area contributed by atoms with E-state index in [1.54, 1.807) is 31.3 Å². The SMILES string of the molecule is CN(Cc1ccccc1)S(=O)(=O)c1ccc2c(c1)C1C=CCC1C(c1cc([N+](=O)[O-])ccc1Cl)N2.